The molecular formula is C12H10N4O2S. The number of hydrogen-bond acceptors (Lipinski definition) is 4. The van der Waals surface area contributed by atoms with Crippen LogP contribution in [0.5, 0.6) is 0 Å². The molecule has 2 N–H and O–H groups in total. The molecule has 0 aliphatic heterocycles. The van der Waals surface area contributed by atoms with Gasteiger partial charge in [0.15, 0.2) is 5.11 Å². The van der Waals surface area contributed by atoms with Crippen molar-refractivity contribution in [1.82, 2.24) is 4.98 Å². The van der Waals surface area contributed by atoms with Gasteiger partial charge in [-0.05, 0) is 30.4 Å². The first-order valence-electron chi connectivity index (χ1n) is 5.37. The molecule has 0 radical (unpaired) electrons. The van der Waals surface area contributed by atoms with Crippen molar-refractivity contribution in [3.63, 3.8) is 0 Å². The summed E-state index contributed by atoms with van der Waals surface area (Å²) in [5, 5.41) is 16.8. The molecule has 1 aromatic heterocycles. The van der Waals surface area contributed by atoms with Crippen molar-refractivity contribution in [2.45, 2.75) is 0 Å². The lowest BCUT2D eigenvalue weighted by molar-refractivity contribution is -0.384. The van der Waals surface area contributed by atoms with Crippen molar-refractivity contribution in [3.05, 3.63) is 58.9 Å². The topological polar surface area (TPSA) is 80.1 Å². The number of benzene rings is 1. The summed E-state index contributed by atoms with van der Waals surface area (Å²) in [5.74, 6) is 0. The number of non-ortho nitro benzene ring substituents is 1. The Hall–Kier alpha value is -2.54. The number of aromatic nitrogens is 1. The largest absolute Gasteiger partial charge is 0.332 e. The van der Waals surface area contributed by atoms with Gasteiger partial charge in [0.1, 0.15) is 0 Å². The van der Waals surface area contributed by atoms with Gasteiger partial charge in [-0.3, -0.25) is 15.1 Å². The van der Waals surface area contributed by atoms with E-state index in [1.165, 1.54) is 12.1 Å². The monoisotopic (exact) mass is 274 g/mol. The van der Waals surface area contributed by atoms with Gasteiger partial charge >= 0.3 is 0 Å². The number of pyridine rings is 1. The van der Waals surface area contributed by atoms with E-state index in [0.29, 0.717) is 10.8 Å². The molecule has 0 spiro atoms. The summed E-state index contributed by atoms with van der Waals surface area (Å²) in [6.45, 7) is 0. The van der Waals surface area contributed by atoms with Crippen LogP contribution in [0.25, 0.3) is 0 Å². The number of nitrogens with one attached hydrogen (secondary N) is 2. The standard InChI is InChI=1S/C12H10N4O2S/c17-16(18)11-3-1-2-10(8-11)15-12(19)14-9-4-6-13-7-5-9/h1-8H,(H2,13,14,15,19). The van der Waals surface area contributed by atoms with Gasteiger partial charge in [0, 0.05) is 35.9 Å². The maximum atomic E-state index is 10.7. The SMILES string of the molecule is O=[N+]([O-])c1cccc(NC(=S)Nc2ccncc2)c1. The molecule has 7 heteroatoms. The summed E-state index contributed by atoms with van der Waals surface area (Å²) in [4.78, 5) is 14.1. The molecule has 2 aromatic rings. The summed E-state index contributed by atoms with van der Waals surface area (Å²) < 4.78 is 0. The second-order valence-corrected chi connectivity index (χ2v) is 4.03. The highest BCUT2D eigenvalue weighted by Crippen LogP contribution is 2.17. The first-order valence-corrected chi connectivity index (χ1v) is 5.78. The van der Waals surface area contributed by atoms with Gasteiger partial charge in [-0.15, -0.1) is 0 Å². The van der Waals surface area contributed by atoms with Crippen LogP contribution in [0.15, 0.2) is 48.8 Å². The number of thiocarbonyl (C=S) groups is 1. The van der Waals surface area contributed by atoms with Gasteiger partial charge < -0.3 is 10.6 Å². The zero-order valence-corrected chi connectivity index (χ0v) is 10.6. The third kappa shape index (κ3) is 3.71. The molecule has 0 aliphatic rings. The zero-order chi connectivity index (χ0) is 13.7. The van der Waals surface area contributed by atoms with E-state index in [9.17, 15) is 10.1 Å². The highest BCUT2D eigenvalue weighted by molar-refractivity contribution is 7.80. The Bertz CT molecular complexity index is 604. The Morgan fingerprint density at radius 2 is 1.84 bits per heavy atom. The molecule has 1 aromatic carbocycles. The van der Waals surface area contributed by atoms with E-state index in [4.69, 9.17) is 12.2 Å². The smallest absolute Gasteiger partial charge is 0.271 e. The van der Waals surface area contributed by atoms with Crippen LogP contribution in [-0.2, 0) is 0 Å². The fourth-order valence-electron chi connectivity index (χ4n) is 1.43. The van der Waals surface area contributed by atoms with Crippen molar-refractivity contribution in [1.29, 1.82) is 0 Å². The maximum Gasteiger partial charge on any atom is 0.271 e. The van der Waals surface area contributed by atoms with Crippen LogP contribution in [0.2, 0.25) is 0 Å². The molecule has 1 heterocycles. The maximum absolute atomic E-state index is 10.7. The molecule has 0 saturated heterocycles. The van der Waals surface area contributed by atoms with Crippen LogP contribution >= 0.6 is 12.2 Å². The van der Waals surface area contributed by atoms with Gasteiger partial charge in [0.2, 0.25) is 0 Å². The van der Waals surface area contributed by atoms with Crippen molar-refractivity contribution >= 4 is 34.4 Å². The Kier molecular flexibility index (Phi) is 3.99. The van der Waals surface area contributed by atoms with E-state index in [2.05, 4.69) is 15.6 Å². The minimum absolute atomic E-state index is 0.0108. The van der Waals surface area contributed by atoms with E-state index in [0.717, 1.165) is 5.69 Å². The second-order valence-electron chi connectivity index (χ2n) is 3.62. The number of rotatable bonds is 3. The molecule has 0 aliphatic carbocycles. The van der Waals surface area contributed by atoms with Gasteiger partial charge in [-0.1, -0.05) is 6.07 Å². The molecule has 0 bridgehead atoms. The molecule has 0 unspecified atom stereocenters. The lowest BCUT2D eigenvalue weighted by Crippen LogP contribution is -2.19. The van der Waals surface area contributed by atoms with Gasteiger partial charge in [-0.2, -0.15) is 0 Å². The molecule has 0 amide bonds. The quantitative estimate of drug-likeness (QED) is 0.509. The highest BCUT2D eigenvalue weighted by Gasteiger charge is 2.06. The van der Waals surface area contributed by atoms with E-state index < -0.39 is 4.92 Å². The molecule has 0 saturated carbocycles. The van der Waals surface area contributed by atoms with Crippen LogP contribution < -0.4 is 10.6 Å². The highest BCUT2D eigenvalue weighted by atomic mass is 32.1. The fraction of sp³-hybridized carbons (Fsp3) is 0. The summed E-state index contributed by atoms with van der Waals surface area (Å²) >= 11 is 5.11. The zero-order valence-electron chi connectivity index (χ0n) is 9.74. The summed E-state index contributed by atoms with van der Waals surface area (Å²) in [6, 6.07) is 9.66. The van der Waals surface area contributed by atoms with Crippen molar-refractivity contribution in [2.24, 2.45) is 0 Å². The number of nitro benzene ring substituents is 1. The lowest BCUT2D eigenvalue weighted by atomic mass is 10.3. The average molecular weight is 274 g/mol. The van der Waals surface area contributed by atoms with E-state index in [1.807, 2.05) is 0 Å². The molecule has 0 atom stereocenters. The number of hydrogen-bond donors (Lipinski definition) is 2. The van der Waals surface area contributed by atoms with Gasteiger partial charge in [-0.25, -0.2) is 0 Å². The Balaban J connectivity index is 2.03. The number of anilines is 2. The van der Waals surface area contributed by atoms with Gasteiger partial charge in [0.05, 0.1) is 4.92 Å². The predicted octanol–water partition coefficient (Wildman–Crippen LogP) is 2.80. The lowest BCUT2D eigenvalue weighted by Gasteiger charge is -2.09. The van der Waals surface area contributed by atoms with Gasteiger partial charge in [0.25, 0.3) is 5.69 Å². The van der Waals surface area contributed by atoms with Crippen LogP contribution in [0.3, 0.4) is 0 Å². The number of nitro groups is 1. The molecule has 2 rings (SSSR count). The normalized spacial score (nSPS) is 9.68. The van der Waals surface area contributed by atoms with E-state index >= 15 is 0 Å². The van der Waals surface area contributed by atoms with Crippen LogP contribution in [-0.4, -0.2) is 15.0 Å². The fourth-order valence-corrected chi connectivity index (χ4v) is 1.66. The first-order chi connectivity index (χ1) is 9.15. The second kappa shape index (κ2) is 5.87. The van der Waals surface area contributed by atoms with Crippen molar-refractivity contribution < 1.29 is 4.92 Å². The minimum atomic E-state index is -0.454. The summed E-state index contributed by atoms with van der Waals surface area (Å²) in [6.07, 6.45) is 3.27. The molecule has 96 valence electrons. The summed E-state index contributed by atoms with van der Waals surface area (Å²) in [5.41, 5.74) is 1.36. The molecular weight excluding hydrogens is 264 g/mol. The summed E-state index contributed by atoms with van der Waals surface area (Å²) in [7, 11) is 0. The van der Waals surface area contributed by atoms with E-state index in [1.54, 1.807) is 36.7 Å². The third-order valence-electron chi connectivity index (χ3n) is 2.25. The first kappa shape index (κ1) is 12.9. The Morgan fingerprint density at radius 1 is 1.16 bits per heavy atom. The Morgan fingerprint density at radius 3 is 2.53 bits per heavy atom. The van der Waals surface area contributed by atoms with Crippen molar-refractivity contribution in [2.75, 3.05) is 10.6 Å². The average Bonchev–Trinajstić information content (AvgIpc) is 2.40. The van der Waals surface area contributed by atoms with Crippen LogP contribution in [0.4, 0.5) is 17.1 Å². The van der Waals surface area contributed by atoms with Crippen LogP contribution in [0, 0.1) is 10.1 Å². The molecule has 19 heavy (non-hydrogen) atoms. The minimum Gasteiger partial charge on any atom is -0.332 e. The van der Waals surface area contributed by atoms with Crippen LogP contribution in [0.1, 0.15) is 0 Å². The van der Waals surface area contributed by atoms with Crippen molar-refractivity contribution in [3.8, 4) is 0 Å². The predicted molar refractivity (Wildman–Crippen MR) is 77.2 cm³/mol. The Labute approximate surface area is 114 Å². The van der Waals surface area contributed by atoms with E-state index in [-0.39, 0.29) is 5.69 Å². The molecule has 6 nitrogen and oxygen atoms in total. The number of nitrogens with zero attached hydrogens (tertiary/aromatic N) is 2. The molecule has 0 fully saturated rings. The third-order valence-corrected chi connectivity index (χ3v) is 2.46.